The Morgan fingerprint density at radius 1 is 0.926 bits per heavy atom. The number of aryl methyl sites for hydroxylation is 2. The molecule has 0 aromatic heterocycles. The van der Waals surface area contributed by atoms with Crippen molar-refractivity contribution in [1.82, 2.24) is 0 Å². The van der Waals surface area contributed by atoms with E-state index in [0.717, 1.165) is 52.7 Å². The van der Waals surface area contributed by atoms with Crippen LogP contribution in [0.25, 0.3) is 11.1 Å². The maximum Gasteiger partial charge on any atom is 0.192 e. The van der Waals surface area contributed by atoms with Crippen LogP contribution in [0.3, 0.4) is 0 Å². The molecule has 0 radical (unpaired) electrons. The van der Waals surface area contributed by atoms with Gasteiger partial charge < -0.3 is 10.9 Å². The van der Waals surface area contributed by atoms with Crippen molar-refractivity contribution in [2.75, 3.05) is 7.11 Å². The van der Waals surface area contributed by atoms with Crippen LogP contribution >= 0.6 is 91.2 Å². The van der Waals surface area contributed by atoms with Crippen LogP contribution in [0, 0.1) is 7.14 Å². The van der Waals surface area contributed by atoms with Gasteiger partial charge in [-0.1, -0.05) is 12.5 Å². The molecule has 0 heterocycles. The zero-order valence-corrected chi connectivity index (χ0v) is 23.5. The number of rotatable bonds is 3. The topological polar surface area (TPSA) is 27.7 Å². The first-order chi connectivity index (χ1) is 13.1. The lowest BCUT2D eigenvalue weighted by atomic mass is 9.97. The number of hydrogen-bond donors (Lipinski definition) is 0. The summed E-state index contributed by atoms with van der Waals surface area (Å²) >= 11 is 8.82. The van der Waals surface area contributed by atoms with Crippen LogP contribution in [0.1, 0.15) is 36.8 Å². The van der Waals surface area contributed by atoms with Crippen LogP contribution in [0.2, 0.25) is 0 Å². The molecule has 2 aromatic carbocycles. The van der Waals surface area contributed by atoms with Crippen molar-refractivity contribution in [2.24, 2.45) is 0 Å². The van der Waals surface area contributed by atoms with Gasteiger partial charge in [-0.2, -0.15) is 0 Å². The van der Waals surface area contributed by atoms with E-state index < -0.39 is 0 Å². The first-order valence-corrected chi connectivity index (χ1v) is 12.7. The summed E-state index contributed by atoms with van der Waals surface area (Å²) in [6, 6.07) is 9.03. The van der Waals surface area contributed by atoms with Crippen LogP contribution in [-0.4, -0.2) is 13.2 Å². The van der Waals surface area contributed by atoms with Gasteiger partial charge in [0.2, 0.25) is 0 Å². The standard InChI is InChI=1S/C20H20I4O3/c1-25-19-16-11-13(18(22)20(19)27-24)4-2-3-5-14(26-23)8-6-12-7-9-17(21)15(16)10-12/h7,9-11,14H,2-6,8H2,1H3. The number of ether oxygens (including phenoxy) is 1. The highest BCUT2D eigenvalue weighted by Crippen LogP contribution is 2.45. The van der Waals surface area contributed by atoms with Crippen LogP contribution in [0.5, 0.6) is 11.5 Å². The molecule has 27 heavy (non-hydrogen) atoms. The molecule has 3 nitrogen and oxygen atoms in total. The van der Waals surface area contributed by atoms with E-state index in [1.54, 1.807) is 7.11 Å². The molecule has 0 aliphatic heterocycles. The van der Waals surface area contributed by atoms with Crippen molar-refractivity contribution < 1.29 is 10.9 Å². The fraction of sp³-hybridized carbons (Fsp3) is 0.400. The molecule has 0 saturated heterocycles. The summed E-state index contributed by atoms with van der Waals surface area (Å²) in [5, 5.41) is 0. The van der Waals surface area contributed by atoms with E-state index in [1.165, 1.54) is 26.7 Å². The fourth-order valence-electron chi connectivity index (χ4n) is 3.51. The largest absolute Gasteiger partial charge is 0.492 e. The Hall–Kier alpha value is 0.920. The molecule has 1 aliphatic rings. The fourth-order valence-corrected chi connectivity index (χ4v) is 6.26. The van der Waals surface area contributed by atoms with Gasteiger partial charge in [-0.15, -0.1) is 0 Å². The van der Waals surface area contributed by atoms with Gasteiger partial charge in [0.15, 0.2) is 34.5 Å². The van der Waals surface area contributed by atoms with Crippen LogP contribution < -0.4 is 7.80 Å². The molecule has 0 amide bonds. The summed E-state index contributed by atoms with van der Waals surface area (Å²) in [5.74, 6) is 1.65. The zero-order valence-electron chi connectivity index (χ0n) is 14.9. The minimum Gasteiger partial charge on any atom is -0.492 e. The smallest absolute Gasteiger partial charge is 0.192 e. The highest BCUT2D eigenvalue weighted by molar-refractivity contribution is 14.1. The number of methoxy groups -OCH3 is 1. The SMILES string of the molecule is COc1c2cc(c(I)c1OI)CCCCC(OI)CCc1ccc(I)c-2c1. The Balaban J connectivity index is 2.18. The molecule has 1 unspecified atom stereocenters. The molecule has 146 valence electrons. The second-order valence-electron chi connectivity index (χ2n) is 6.65. The summed E-state index contributed by atoms with van der Waals surface area (Å²) < 4.78 is 19.6. The van der Waals surface area contributed by atoms with Gasteiger partial charge in [-0.25, -0.2) is 0 Å². The highest BCUT2D eigenvalue weighted by Gasteiger charge is 2.22. The normalized spacial score (nSPS) is 17.4. The summed E-state index contributed by atoms with van der Waals surface area (Å²) in [5.41, 5.74) is 4.99. The predicted octanol–water partition coefficient (Wildman–Crippen LogP) is 7.69. The first-order valence-electron chi connectivity index (χ1n) is 8.83. The molecular weight excluding hydrogens is 796 g/mol. The van der Waals surface area contributed by atoms with E-state index in [9.17, 15) is 0 Å². The molecular formula is C20H20I4O3. The van der Waals surface area contributed by atoms with Gasteiger partial charge in [0, 0.05) is 9.13 Å². The molecule has 0 spiro atoms. The van der Waals surface area contributed by atoms with E-state index in [0.29, 0.717) is 6.10 Å². The second kappa shape index (κ2) is 10.8. The van der Waals surface area contributed by atoms with Crippen molar-refractivity contribution in [3.63, 3.8) is 0 Å². The lowest BCUT2D eigenvalue weighted by molar-refractivity contribution is 0.247. The van der Waals surface area contributed by atoms with Gasteiger partial charge in [-0.05, 0) is 112 Å². The first kappa shape index (κ1) is 22.6. The second-order valence-corrected chi connectivity index (χ2v) is 9.84. The van der Waals surface area contributed by atoms with Gasteiger partial charge in [0.1, 0.15) is 23.0 Å². The Morgan fingerprint density at radius 3 is 2.44 bits per heavy atom. The molecule has 4 bridgehead atoms. The Kier molecular flexibility index (Phi) is 9.04. The summed E-state index contributed by atoms with van der Waals surface area (Å²) in [4.78, 5) is 0. The third kappa shape index (κ3) is 5.35. The third-order valence-electron chi connectivity index (χ3n) is 4.96. The predicted molar refractivity (Wildman–Crippen MR) is 143 cm³/mol. The summed E-state index contributed by atoms with van der Waals surface area (Å²) in [6.45, 7) is 0. The Bertz CT molecular complexity index is 810. The monoisotopic (exact) mass is 816 g/mol. The van der Waals surface area contributed by atoms with Crippen LogP contribution in [0.15, 0.2) is 24.3 Å². The molecule has 1 aliphatic carbocycles. The van der Waals surface area contributed by atoms with Crippen molar-refractivity contribution >= 4 is 91.2 Å². The van der Waals surface area contributed by atoms with E-state index in [4.69, 9.17) is 10.9 Å². The average Bonchev–Trinajstić information content (AvgIpc) is 2.69. The maximum atomic E-state index is 5.80. The van der Waals surface area contributed by atoms with E-state index in [2.05, 4.69) is 92.5 Å². The number of benzene rings is 2. The van der Waals surface area contributed by atoms with Gasteiger partial charge in [-0.3, -0.25) is 0 Å². The Labute approximate surface area is 216 Å². The Morgan fingerprint density at radius 2 is 1.74 bits per heavy atom. The number of fused-ring (bicyclic) bond motifs is 5. The van der Waals surface area contributed by atoms with E-state index >= 15 is 0 Å². The van der Waals surface area contributed by atoms with Crippen LogP contribution in [0.4, 0.5) is 0 Å². The van der Waals surface area contributed by atoms with E-state index in [-0.39, 0.29) is 0 Å². The van der Waals surface area contributed by atoms with Gasteiger partial charge >= 0.3 is 0 Å². The average molecular weight is 816 g/mol. The molecule has 2 aromatic rings. The van der Waals surface area contributed by atoms with Gasteiger partial charge in [0.05, 0.1) is 16.8 Å². The zero-order chi connectivity index (χ0) is 19.4. The minimum absolute atomic E-state index is 0.319. The van der Waals surface area contributed by atoms with Gasteiger partial charge in [0.25, 0.3) is 0 Å². The van der Waals surface area contributed by atoms with Crippen molar-refractivity contribution in [3.8, 4) is 22.6 Å². The molecule has 0 N–H and O–H groups in total. The quantitative estimate of drug-likeness (QED) is 0.298. The maximum absolute atomic E-state index is 5.80. The van der Waals surface area contributed by atoms with Crippen molar-refractivity contribution in [1.29, 1.82) is 0 Å². The molecule has 1 atom stereocenters. The third-order valence-corrected chi connectivity index (χ3v) is 8.24. The lowest BCUT2D eigenvalue weighted by Gasteiger charge is -2.18. The molecule has 3 rings (SSSR count). The lowest BCUT2D eigenvalue weighted by Crippen LogP contribution is -2.09. The summed E-state index contributed by atoms with van der Waals surface area (Å²) in [7, 11) is 1.72. The molecule has 0 fully saturated rings. The minimum atomic E-state index is 0.319. The van der Waals surface area contributed by atoms with Crippen LogP contribution in [-0.2, 0) is 15.9 Å². The van der Waals surface area contributed by atoms with Crippen molar-refractivity contribution in [3.05, 3.63) is 42.5 Å². The summed E-state index contributed by atoms with van der Waals surface area (Å²) in [6.07, 6.45) is 6.85. The number of halogens is 4. The van der Waals surface area contributed by atoms with E-state index in [1.807, 2.05) is 23.0 Å². The molecule has 7 heteroatoms. The highest BCUT2D eigenvalue weighted by atomic mass is 127. The molecule has 0 saturated carbocycles. The number of hydrogen-bond acceptors (Lipinski definition) is 3. The van der Waals surface area contributed by atoms with Crippen molar-refractivity contribution in [2.45, 2.75) is 44.6 Å².